The molecule has 1 fully saturated rings. The maximum atomic E-state index is 8.75. The molecule has 3 nitrogen and oxygen atoms in total. The summed E-state index contributed by atoms with van der Waals surface area (Å²) in [6.07, 6.45) is 2.56. The summed E-state index contributed by atoms with van der Waals surface area (Å²) < 4.78 is 6.03. The predicted octanol–water partition coefficient (Wildman–Crippen LogP) is 2.61. The average molecular weight is 224 g/mol. The SMILES string of the molecule is CCC(CC#N)NC1CC(C)(C)OC1(C)C. The van der Waals surface area contributed by atoms with Crippen LogP contribution in [0.5, 0.6) is 0 Å². The Bertz CT molecular complexity index is 278. The second kappa shape index (κ2) is 4.73. The van der Waals surface area contributed by atoms with Gasteiger partial charge in [0.1, 0.15) is 0 Å². The molecule has 1 aliphatic heterocycles. The third-order valence-corrected chi connectivity index (χ3v) is 3.34. The summed E-state index contributed by atoms with van der Waals surface area (Å²) in [7, 11) is 0. The Morgan fingerprint density at radius 3 is 2.44 bits per heavy atom. The normalized spacial score (nSPS) is 28.6. The minimum Gasteiger partial charge on any atom is -0.368 e. The predicted molar refractivity (Wildman–Crippen MR) is 65.1 cm³/mol. The van der Waals surface area contributed by atoms with Gasteiger partial charge in [0.25, 0.3) is 0 Å². The summed E-state index contributed by atoms with van der Waals surface area (Å²) in [5.41, 5.74) is -0.210. The van der Waals surface area contributed by atoms with Crippen LogP contribution < -0.4 is 5.32 Å². The van der Waals surface area contributed by atoms with Crippen molar-refractivity contribution in [1.29, 1.82) is 5.26 Å². The van der Waals surface area contributed by atoms with Crippen LogP contribution in [0.4, 0.5) is 0 Å². The van der Waals surface area contributed by atoms with Crippen LogP contribution >= 0.6 is 0 Å². The van der Waals surface area contributed by atoms with E-state index in [1.165, 1.54) is 0 Å². The quantitative estimate of drug-likeness (QED) is 0.798. The summed E-state index contributed by atoms with van der Waals surface area (Å²) >= 11 is 0. The highest BCUT2D eigenvalue weighted by atomic mass is 16.5. The molecule has 1 N–H and O–H groups in total. The first-order valence-corrected chi connectivity index (χ1v) is 6.14. The summed E-state index contributed by atoms with van der Waals surface area (Å²) in [5.74, 6) is 0. The molecular weight excluding hydrogens is 200 g/mol. The van der Waals surface area contributed by atoms with Gasteiger partial charge in [0.2, 0.25) is 0 Å². The van der Waals surface area contributed by atoms with Crippen LogP contribution in [0.25, 0.3) is 0 Å². The molecule has 0 bridgehead atoms. The van der Waals surface area contributed by atoms with Crippen molar-refractivity contribution in [3.63, 3.8) is 0 Å². The van der Waals surface area contributed by atoms with Crippen LogP contribution in [-0.4, -0.2) is 23.3 Å². The zero-order valence-electron chi connectivity index (χ0n) is 11.1. The summed E-state index contributed by atoms with van der Waals surface area (Å²) in [6, 6.07) is 2.86. The molecule has 0 spiro atoms. The van der Waals surface area contributed by atoms with Gasteiger partial charge in [-0.15, -0.1) is 0 Å². The van der Waals surface area contributed by atoms with Gasteiger partial charge in [-0.2, -0.15) is 5.26 Å². The van der Waals surface area contributed by atoms with Crippen LogP contribution in [-0.2, 0) is 4.74 Å². The van der Waals surface area contributed by atoms with Gasteiger partial charge in [-0.1, -0.05) is 6.92 Å². The zero-order valence-corrected chi connectivity index (χ0v) is 11.1. The van der Waals surface area contributed by atoms with E-state index < -0.39 is 0 Å². The summed E-state index contributed by atoms with van der Waals surface area (Å²) in [4.78, 5) is 0. The average Bonchev–Trinajstić information content (AvgIpc) is 2.33. The highest BCUT2D eigenvalue weighted by Crippen LogP contribution is 2.37. The molecule has 0 amide bonds. The van der Waals surface area contributed by atoms with Crippen molar-refractivity contribution >= 4 is 0 Å². The molecule has 2 unspecified atom stereocenters. The van der Waals surface area contributed by atoms with E-state index in [1.807, 2.05) is 0 Å². The molecule has 1 aliphatic rings. The molecule has 1 rings (SSSR count). The number of ether oxygens (including phenoxy) is 1. The Labute approximate surface area is 99.2 Å². The molecule has 2 atom stereocenters. The molecule has 0 aliphatic carbocycles. The van der Waals surface area contributed by atoms with Crippen LogP contribution in [0.2, 0.25) is 0 Å². The monoisotopic (exact) mass is 224 g/mol. The Balaban J connectivity index is 2.64. The van der Waals surface area contributed by atoms with Crippen molar-refractivity contribution in [3.05, 3.63) is 0 Å². The van der Waals surface area contributed by atoms with E-state index in [2.05, 4.69) is 46.0 Å². The summed E-state index contributed by atoms with van der Waals surface area (Å²) in [6.45, 7) is 10.6. The molecule has 0 aromatic heterocycles. The number of nitrogens with one attached hydrogen (secondary N) is 1. The number of nitriles is 1. The van der Waals surface area contributed by atoms with Crippen LogP contribution in [0.3, 0.4) is 0 Å². The molecule has 92 valence electrons. The van der Waals surface area contributed by atoms with E-state index in [9.17, 15) is 0 Å². The number of hydrogen-bond donors (Lipinski definition) is 1. The van der Waals surface area contributed by atoms with Gasteiger partial charge in [-0.05, 0) is 40.5 Å². The van der Waals surface area contributed by atoms with Crippen molar-refractivity contribution in [2.45, 2.75) is 77.2 Å². The second-order valence-electron chi connectivity index (χ2n) is 5.86. The fourth-order valence-corrected chi connectivity index (χ4v) is 2.54. The van der Waals surface area contributed by atoms with Crippen molar-refractivity contribution in [3.8, 4) is 6.07 Å². The lowest BCUT2D eigenvalue weighted by Gasteiger charge is -2.30. The Kier molecular flexibility index (Phi) is 3.98. The molecule has 16 heavy (non-hydrogen) atoms. The molecule has 1 heterocycles. The van der Waals surface area contributed by atoms with Crippen molar-refractivity contribution in [2.24, 2.45) is 0 Å². The standard InChI is InChI=1S/C13H24N2O/c1-6-10(7-8-14)15-11-9-12(2,3)16-13(11,4)5/h10-11,15H,6-7,9H2,1-5H3. The number of nitrogens with zero attached hydrogens (tertiary/aromatic N) is 1. The first-order chi connectivity index (χ1) is 7.30. The third-order valence-electron chi connectivity index (χ3n) is 3.34. The number of hydrogen-bond acceptors (Lipinski definition) is 3. The van der Waals surface area contributed by atoms with Crippen molar-refractivity contribution in [2.75, 3.05) is 0 Å². The molecule has 0 saturated carbocycles. The smallest absolute Gasteiger partial charge is 0.0787 e. The summed E-state index contributed by atoms with van der Waals surface area (Å²) in [5, 5.41) is 12.3. The first-order valence-electron chi connectivity index (χ1n) is 6.14. The van der Waals surface area contributed by atoms with Crippen LogP contribution in [0, 0.1) is 11.3 Å². The molecule has 0 radical (unpaired) electrons. The Morgan fingerprint density at radius 2 is 2.06 bits per heavy atom. The van der Waals surface area contributed by atoms with Crippen LogP contribution in [0.15, 0.2) is 0 Å². The topological polar surface area (TPSA) is 45.0 Å². The lowest BCUT2D eigenvalue weighted by atomic mass is 9.93. The molecule has 0 aromatic carbocycles. The van der Waals surface area contributed by atoms with E-state index in [0.29, 0.717) is 12.5 Å². The van der Waals surface area contributed by atoms with E-state index in [0.717, 1.165) is 12.8 Å². The van der Waals surface area contributed by atoms with E-state index in [4.69, 9.17) is 10.00 Å². The van der Waals surface area contributed by atoms with Crippen LogP contribution in [0.1, 0.15) is 53.9 Å². The van der Waals surface area contributed by atoms with Gasteiger partial charge in [0, 0.05) is 12.1 Å². The third kappa shape index (κ3) is 3.20. The zero-order chi connectivity index (χ0) is 12.4. The van der Waals surface area contributed by atoms with Gasteiger partial charge in [0.05, 0.1) is 23.7 Å². The lowest BCUT2D eigenvalue weighted by Crippen LogP contribution is -2.47. The molecular formula is C13H24N2O. The van der Waals surface area contributed by atoms with Gasteiger partial charge >= 0.3 is 0 Å². The van der Waals surface area contributed by atoms with Gasteiger partial charge in [-0.25, -0.2) is 0 Å². The highest BCUT2D eigenvalue weighted by Gasteiger charge is 2.46. The lowest BCUT2D eigenvalue weighted by molar-refractivity contribution is -0.0704. The van der Waals surface area contributed by atoms with E-state index in [1.54, 1.807) is 0 Å². The fraction of sp³-hybridized carbons (Fsp3) is 0.923. The van der Waals surface area contributed by atoms with Crippen molar-refractivity contribution in [1.82, 2.24) is 5.32 Å². The molecule has 3 heteroatoms. The molecule has 1 saturated heterocycles. The van der Waals surface area contributed by atoms with Gasteiger partial charge in [0.15, 0.2) is 0 Å². The fourth-order valence-electron chi connectivity index (χ4n) is 2.54. The van der Waals surface area contributed by atoms with Crippen molar-refractivity contribution < 1.29 is 4.74 Å². The maximum absolute atomic E-state index is 8.75. The van der Waals surface area contributed by atoms with Gasteiger partial charge in [-0.3, -0.25) is 0 Å². The minimum atomic E-state index is -0.146. The molecule has 0 aromatic rings. The Morgan fingerprint density at radius 1 is 1.44 bits per heavy atom. The minimum absolute atomic E-state index is 0.0634. The highest BCUT2D eigenvalue weighted by molar-refractivity contribution is 5.00. The Hall–Kier alpha value is -0.590. The van der Waals surface area contributed by atoms with Gasteiger partial charge < -0.3 is 10.1 Å². The van der Waals surface area contributed by atoms with E-state index in [-0.39, 0.29) is 17.2 Å². The largest absolute Gasteiger partial charge is 0.368 e. The first kappa shape index (κ1) is 13.5. The number of rotatable bonds is 4. The van der Waals surface area contributed by atoms with E-state index >= 15 is 0 Å². The maximum Gasteiger partial charge on any atom is 0.0787 e. The second-order valence-corrected chi connectivity index (χ2v) is 5.86.